The standard InChI is InChI=1S/C23H32N4O2S/c1-4-9-20(30-23-24-19(5-2)16-21(28)25(23)3)22(29)27-14-12-26(13-15-27)17-18-10-7-6-8-11-18/h6-8,10-11,16,20H,4-5,9,12-15,17H2,1-3H3. The molecule has 1 aliphatic heterocycles. The molecule has 3 rings (SSSR count). The number of piperazine rings is 1. The highest BCUT2D eigenvalue weighted by Crippen LogP contribution is 2.26. The van der Waals surface area contributed by atoms with Crippen LogP contribution in [0.15, 0.2) is 46.3 Å². The van der Waals surface area contributed by atoms with Crippen LogP contribution in [-0.4, -0.2) is 56.7 Å². The number of hydrogen-bond donors (Lipinski definition) is 0. The number of aromatic nitrogens is 2. The molecule has 30 heavy (non-hydrogen) atoms. The van der Waals surface area contributed by atoms with Crippen molar-refractivity contribution in [3.8, 4) is 0 Å². The lowest BCUT2D eigenvalue weighted by molar-refractivity contribution is -0.132. The molecule has 1 aromatic carbocycles. The van der Waals surface area contributed by atoms with Crippen LogP contribution >= 0.6 is 11.8 Å². The van der Waals surface area contributed by atoms with E-state index in [2.05, 4.69) is 41.1 Å². The Labute approximate surface area is 183 Å². The molecule has 7 heteroatoms. The summed E-state index contributed by atoms with van der Waals surface area (Å²) in [5, 5.41) is 0.426. The lowest BCUT2D eigenvalue weighted by Crippen LogP contribution is -2.50. The first kappa shape index (κ1) is 22.6. The van der Waals surface area contributed by atoms with Crippen LogP contribution in [0.1, 0.15) is 37.9 Å². The largest absolute Gasteiger partial charge is 0.339 e. The van der Waals surface area contributed by atoms with Gasteiger partial charge in [0.25, 0.3) is 5.56 Å². The van der Waals surface area contributed by atoms with Crippen LogP contribution in [0.5, 0.6) is 0 Å². The lowest BCUT2D eigenvalue weighted by atomic mass is 10.2. The van der Waals surface area contributed by atoms with Gasteiger partial charge in [-0.05, 0) is 18.4 Å². The highest BCUT2D eigenvalue weighted by atomic mass is 32.2. The number of carbonyl (C=O) groups excluding carboxylic acids is 1. The Morgan fingerprint density at radius 1 is 1.13 bits per heavy atom. The smallest absolute Gasteiger partial charge is 0.254 e. The fourth-order valence-electron chi connectivity index (χ4n) is 3.64. The highest BCUT2D eigenvalue weighted by molar-refractivity contribution is 8.00. The van der Waals surface area contributed by atoms with Crippen molar-refractivity contribution >= 4 is 17.7 Å². The third-order valence-electron chi connectivity index (χ3n) is 5.52. The van der Waals surface area contributed by atoms with Gasteiger partial charge >= 0.3 is 0 Å². The summed E-state index contributed by atoms with van der Waals surface area (Å²) in [6.45, 7) is 8.25. The van der Waals surface area contributed by atoms with Crippen LogP contribution in [0.3, 0.4) is 0 Å². The van der Waals surface area contributed by atoms with E-state index in [0.717, 1.165) is 51.3 Å². The van der Waals surface area contributed by atoms with Gasteiger partial charge in [0.2, 0.25) is 5.91 Å². The summed E-state index contributed by atoms with van der Waals surface area (Å²) in [5.74, 6) is 0.164. The third kappa shape index (κ3) is 5.73. The van der Waals surface area contributed by atoms with Crippen LogP contribution in [0.2, 0.25) is 0 Å². The predicted molar refractivity (Wildman–Crippen MR) is 122 cm³/mol. The zero-order valence-corrected chi connectivity index (χ0v) is 19.0. The summed E-state index contributed by atoms with van der Waals surface area (Å²) in [6.07, 6.45) is 2.40. The van der Waals surface area contributed by atoms with Crippen molar-refractivity contribution in [1.29, 1.82) is 0 Å². The lowest BCUT2D eigenvalue weighted by Gasteiger charge is -2.36. The number of amides is 1. The van der Waals surface area contributed by atoms with Crippen molar-refractivity contribution in [3.05, 3.63) is 58.0 Å². The van der Waals surface area contributed by atoms with Gasteiger partial charge in [-0.2, -0.15) is 0 Å². The van der Waals surface area contributed by atoms with Crippen LogP contribution in [0.25, 0.3) is 0 Å². The Bertz CT molecular complexity index is 892. The quantitative estimate of drug-likeness (QED) is 0.478. The van der Waals surface area contributed by atoms with E-state index < -0.39 is 0 Å². The minimum absolute atomic E-state index is 0.0680. The van der Waals surface area contributed by atoms with Gasteiger partial charge in [-0.25, -0.2) is 4.98 Å². The van der Waals surface area contributed by atoms with E-state index in [1.165, 1.54) is 17.3 Å². The van der Waals surface area contributed by atoms with Crippen molar-refractivity contribution in [1.82, 2.24) is 19.4 Å². The molecule has 162 valence electrons. The summed E-state index contributed by atoms with van der Waals surface area (Å²) >= 11 is 1.44. The van der Waals surface area contributed by atoms with Gasteiger partial charge in [-0.3, -0.25) is 19.1 Å². The second-order valence-electron chi connectivity index (χ2n) is 7.76. The molecule has 1 aromatic heterocycles. The maximum Gasteiger partial charge on any atom is 0.254 e. The first-order valence-electron chi connectivity index (χ1n) is 10.8. The molecule has 6 nitrogen and oxygen atoms in total. The van der Waals surface area contributed by atoms with Gasteiger partial charge in [0, 0.05) is 51.5 Å². The zero-order chi connectivity index (χ0) is 21.5. The van der Waals surface area contributed by atoms with Crippen molar-refractivity contribution in [2.75, 3.05) is 26.2 Å². The topological polar surface area (TPSA) is 58.4 Å². The third-order valence-corrected chi connectivity index (χ3v) is 6.81. The molecule has 0 N–H and O–H groups in total. The van der Waals surface area contributed by atoms with E-state index in [4.69, 9.17) is 0 Å². The van der Waals surface area contributed by atoms with E-state index in [1.807, 2.05) is 17.9 Å². The monoisotopic (exact) mass is 428 g/mol. The van der Waals surface area contributed by atoms with Crippen molar-refractivity contribution in [2.24, 2.45) is 7.05 Å². The molecule has 1 saturated heterocycles. The molecule has 1 unspecified atom stereocenters. The number of rotatable bonds is 8. The highest BCUT2D eigenvalue weighted by Gasteiger charge is 2.29. The fourth-order valence-corrected chi connectivity index (χ4v) is 4.92. The van der Waals surface area contributed by atoms with Gasteiger partial charge < -0.3 is 4.90 Å². The summed E-state index contributed by atoms with van der Waals surface area (Å²) < 4.78 is 1.55. The van der Waals surface area contributed by atoms with E-state index in [9.17, 15) is 9.59 Å². The molecule has 1 atom stereocenters. The SMILES string of the molecule is CCCC(Sc1nc(CC)cc(=O)n1C)C(=O)N1CCN(Cc2ccccc2)CC1. The zero-order valence-electron chi connectivity index (χ0n) is 18.2. The van der Waals surface area contributed by atoms with Gasteiger partial charge in [0.15, 0.2) is 5.16 Å². The number of carbonyl (C=O) groups is 1. The molecular weight excluding hydrogens is 396 g/mol. The minimum atomic E-state index is -0.208. The summed E-state index contributed by atoms with van der Waals surface area (Å²) in [5.41, 5.74) is 2.01. The predicted octanol–water partition coefficient (Wildman–Crippen LogP) is 2.95. The maximum atomic E-state index is 13.3. The Hall–Kier alpha value is -2.12. The molecule has 1 fully saturated rings. The van der Waals surface area contributed by atoms with Crippen molar-refractivity contribution in [3.63, 3.8) is 0 Å². The molecule has 0 bridgehead atoms. The number of thioether (sulfide) groups is 1. The molecule has 2 aromatic rings. The normalized spacial score (nSPS) is 15.9. The van der Waals surface area contributed by atoms with Gasteiger partial charge in [0.1, 0.15) is 0 Å². The van der Waals surface area contributed by atoms with E-state index in [-0.39, 0.29) is 16.7 Å². The van der Waals surface area contributed by atoms with Crippen molar-refractivity contribution in [2.45, 2.75) is 50.1 Å². The number of nitrogens with zero attached hydrogens (tertiary/aromatic N) is 4. The molecule has 0 saturated carbocycles. The van der Waals surface area contributed by atoms with Crippen LogP contribution in [0, 0.1) is 0 Å². The molecule has 1 amide bonds. The van der Waals surface area contributed by atoms with Gasteiger partial charge in [-0.15, -0.1) is 0 Å². The Balaban J connectivity index is 1.63. The average Bonchev–Trinajstić information content (AvgIpc) is 2.77. The van der Waals surface area contributed by atoms with Crippen LogP contribution in [0.4, 0.5) is 0 Å². The molecule has 1 aliphatic rings. The van der Waals surface area contributed by atoms with E-state index >= 15 is 0 Å². The van der Waals surface area contributed by atoms with E-state index in [1.54, 1.807) is 17.7 Å². The fraction of sp³-hybridized carbons (Fsp3) is 0.522. The van der Waals surface area contributed by atoms with Crippen LogP contribution in [-0.2, 0) is 24.8 Å². The molecule has 0 radical (unpaired) electrons. The maximum absolute atomic E-state index is 13.3. The molecule has 0 spiro atoms. The molecule has 0 aliphatic carbocycles. The van der Waals surface area contributed by atoms with E-state index in [0.29, 0.717) is 11.6 Å². The summed E-state index contributed by atoms with van der Waals surface area (Å²) in [7, 11) is 1.73. The minimum Gasteiger partial charge on any atom is -0.339 e. The number of aryl methyl sites for hydroxylation is 1. The second kappa shape index (κ2) is 10.8. The number of benzene rings is 1. The Morgan fingerprint density at radius 2 is 1.83 bits per heavy atom. The first-order valence-corrected chi connectivity index (χ1v) is 11.7. The summed E-state index contributed by atoms with van der Waals surface area (Å²) in [4.78, 5) is 34.5. The Kier molecular flexibility index (Phi) is 8.10. The number of hydrogen-bond acceptors (Lipinski definition) is 5. The van der Waals surface area contributed by atoms with Crippen LogP contribution < -0.4 is 5.56 Å². The van der Waals surface area contributed by atoms with Gasteiger partial charge in [-0.1, -0.05) is 62.4 Å². The molecular formula is C23H32N4O2S. The first-order chi connectivity index (χ1) is 14.5. The molecule has 2 heterocycles. The Morgan fingerprint density at radius 3 is 2.47 bits per heavy atom. The second-order valence-corrected chi connectivity index (χ2v) is 8.93. The average molecular weight is 429 g/mol. The van der Waals surface area contributed by atoms with Crippen molar-refractivity contribution < 1.29 is 4.79 Å². The summed E-state index contributed by atoms with van der Waals surface area (Å²) in [6, 6.07) is 12.0. The van der Waals surface area contributed by atoms with Gasteiger partial charge in [0.05, 0.1) is 5.25 Å².